The molecule has 0 spiro atoms. The standard InChI is InChI=1S/C25H30ClN3O/c1-16(17-6-3-2-4-7-17)28-25(30)20-9-10-21(26)19-11-13-29-15-18-8-5-12-27-22(18)14-23(29)24(19)20/h2-4,6-7,9-10,16,18,22-23,27H,5,8,11-15H2,1H3,(H,28,30)/t16-,18-,22+,23-/m1/s1. The molecule has 2 aromatic rings. The fourth-order valence-corrected chi connectivity index (χ4v) is 5.96. The van der Waals surface area contributed by atoms with Gasteiger partial charge in [-0.3, -0.25) is 9.69 Å². The summed E-state index contributed by atoms with van der Waals surface area (Å²) in [5, 5.41) is 7.76. The maximum Gasteiger partial charge on any atom is 0.252 e. The first-order valence-corrected chi connectivity index (χ1v) is 11.6. The SMILES string of the molecule is C[C@@H](NC(=O)c1ccc(Cl)c2c1[C@H]1C[C@@H]3NCCC[C@@H]3CN1CC2)c1ccccc1. The van der Waals surface area contributed by atoms with Gasteiger partial charge in [-0.15, -0.1) is 0 Å². The van der Waals surface area contributed by atoms with Crippen LogP contribution in [0.4, 0.5) is 0 Å². The highest BCUT2D eigenvalue weighted by atomic mass is 35.5. The van der Waals surface area contributed by atoms with Crippen LogP contribution in [-0.2, 0) is 6.42 Å². The Morgan fingerprint density at radius 3 is 2.90 bits per heavy atom. The Morgan fingerprint density at radius 1 is 1.23 bits per heavy atom. The van der Waals surface area contributed by atoms with Gasteiger partial charge >= 0.3 is 0 Å². The molecule has 30 heavy (non-hydrogen) atoms. The Labute approximate surface area is 184 Å². The van der Waals surface area contributed by atoms with Crippen molar-refractivity contribution in [2.45, 2.75) is 50.7 Å². The molecule has 2 N–H and O–H groups in total. The molecule has 0 radical (unpaired) electrons. The summed E-state index contributed by atoms with van der Waals surface area (Å²) in [6.07, 6.45) is 4.57. The molecule has 3 heterocycles. The Morgan fingerprint density at radius 2 is 2.07 bits per heavy atom. The van der Waals surface area contributed by atoms with Crippen molar-refractivity contribution in [3.63, 3.8) is 0 Å². The first-order valence-electron chi connectivity index (χ1n) is 11.3. The fraction of sp³-hybridized carbons (Fsp3) is 0.480. The number of carbonyl (C=O) groups excluding carboxylic acids is 1. The lowest BCUT2D eigenvalue weighted by Crippen LogP contribution is -2.55. The van der Waals surface area contributed by atoms with Gasteiger partial charge < -0.3 is 10.6 Å². The van der Waals surface area contributed by atoms with E-state index in [0.717, 1.165) is 60.1 Å². The summed E-state index contributed by atoms with van der Waals surface area (Å²) < 4.78 is 0. The van der Waals surface area contributed by atoms with Crippen LogP contribution in [0.15, 0.2) is 42.5 Å². The summed E-state index contributed by atoms with van der Waals surface area (Å²) >= 11 is 6.62. The maximum absolute atomic E-state index is 13.4. The van der Waals surface area contributed by atoms with Crippen molar-refractivity contribution in [1.29, 1.82) is 0 Å². The highest BCUT2D eigenvalue weighted by molar-refractivity contribution is 6.31. The predicted molar refractivity (Wildman–Crippen MR) is 121 cm³/mol. The van der Waals surface area contributed by atoms with Crippen LogP contribution >= 0.6 is 11.6 Å². The molecule has 0 aliphatic carbocycles. The summed E-state index contributed by atoms with van der Waals surface area (Å²) in [6, 6.07) is 14.7. The minimum atomic E-state index is -0.0412. The van der Waals surface area contributed by atoms with E-state index in [1.165, 1.54) is 18.4 Å². The lowest BCUT2D eigenvalue weighted by molar-refractivity contribution is 0.0543. The highest BCUT2D eigenvalue weighted by Crippen LogP contribution is 2.43. The zero-order valence-electron chi connectivity index (χ0n) is 17.5. The molecule has 2 fully saturated rings. The minimum Gasteiger partial charge on any atom is -0.346 e. The number of carbonyl (C=O) groups is 1. The molecule has 0 saturated carbocycles. The van der Waals surface area contributed by atoms with Gasteiger partial charge in [0.2, 0.25) is 0 Å². The van der Waals surface area contributed by atoms with Crippen molar-refractivity contribution in [3.8, 4) is 0 Å². The summed E-state index contributed by atoms with van der Waals surface area (Å²) in [5.74, 6) is 0.728. The van der Waals surface area contributed by atoms with E-state index in [-0.39, 0.29) is 18.0 Å². The van der Waals surface area contributed by atoms with E-state index in [1.54, 1.807) is 0 Å². The molecular weight excluding hydrogens is 394 g/mol. The second-order valence-corrected chi connectivity index (χ2v) is 9.46. The Kier molecular flexibility index (Phi) is 5.57. The molecular formula is C25H30ClN3O. The topological polar surface area (TPSA) is 44.4 Å². The molecule has 0 aromatic heterocycles. The van der Waals surface area contributed by atoms with Gasteiger partial charge in [0, 0.05) is 35.8 Å². The van der Waals surface area contributed by atoms with E-state index in [9.17, 15) is 4.79 Å². The molecule has 4 nitrogen and oxygen atoms in total. The van der Waals surface area contributed by atoms with Crippen molar-refractivity contribution in [1.82, 2.24) is 15.5 Å². The van der Waals surface area contributed by atoms with Gasteiger partial charge in [-0.05, 0) is 73.9 Å². The second kappa shape index (κ2) is 8.33. The summed E-state index contributed by atoms with van der Waals surface area (Å²) in [7, 11) is 0. The molecule has 0 bridgehead atoms. The molecule has 1 amide bonds. The van der Waals surface area contributed by atoms with E-state index >= 15 is 0 Å². The van der Waals surface area contributed by atoms with Gasteiger partial charge in [-0.25, -0.2) is 0 Å². The number of nitrogens with zero attached hydrogens (tertiary/aromatic N) is 1. The Bertz CT molecular complexity index is 931. The van der Waals surface area contributed by atoms with E-state index in [4.69, 9.17) is 11.6 Å². The quantitative estimate of drug-likeness (QED) is 0.763. The van der Waals surface area contributed by atoms with Crippen molar-refractivity contribution in [3.05, 3.63) is 69.7 Å². The van der Waals surface area contributed by atoms with Crippen LogP contribution in [0.5, 0.6) is 0 Å². The maximum atomic E-state index is 13.4. The molecule has 3 aliphatic rings. The molecule has 0 unspecified atom stereocenters. The minimum absolute atomic E-state index is 0.000142. The Hall–Kier alpha value is -1.88. The van der Waals surface area contributed by atoms with E-state index in [0.29, 0.717) is 6.04 Å². The molecule has 5 rings (SSSR count). The van der Waals surface area contributed by atoms with Crippen LogP contribution in [0.25, 0.3) is 0 Å². The molecule has 5 heteroatoms. The number of rotatable bonds is 3. The molecule has 3 aliphatic heterocycles. The molecule has 158 valence electrons. The highest BCUT2D eigenvalue weighted by Gasteiger charge is 2.41. The number of benzene rings is 2. The van der Waals surface area contributed by atoms with Crippen LogP contribution in [0, 0.1) is 5.92 Å². The van der Waals surface area contributed by atoms with Crippen LogP contribution in [0.3, 0.4) is 0 Å². The number of piperidine rings is 2. The van der Waals surface area contributed by atoms with Crippen LogP contribution < -0.4 is 10.6 Å². The van der Waals surface area contributed by atoms with Crippen molar-refractivity contribution in [2.24, 2.45) is 5.92 Å². The number of hydrogen-bond donors (Lipinski definition) is 2. The van der Waals surface area contributed by atoms with Crippen molar-refractivity contribution < 1.29 is 4.79 Å². The van der Waals surface area contributed by atoms with E-state index in [1.807, 2.05) is 37.3 Å². The lowest BCUT2D eigenvalue weighted by atomic mass is 9.76. The smallest absolute Gasteiger partial charge is 0.252 e. The van der Waals surface area contributed by atoms with Gasteiger partial charge in [0.15, 0.2) is 0 Å². The summed E-state index contributed by atoms with van der Waals surface area (Å²) in [6.45, 7) is 5.30. The first kappa shape index (κ1) is 20.0. The van der Waals surface area contributed by atoms with Crippen LogP contribution in [0.2, 0.25) is 5.02 Å². The molecule has 2 aromatic carbocycles. The number of hydrogen-bond acceptors (Lipinski definition) is 3. The fourth-order valence-electron chi connectivity index (χ4n) is 5.71. The second-order valence-electron chi connectivity index (χ2n) is 9.05. The van der Waals surface area contributed by atoms with Gasteiger partial charge in [0.05, 0.1) is 6.04 Å². The zero-order valence-corrected chi connectivity index (χ0v) is 18.3. The van der Waals surface area contributed by atoms with Gasteiger partial charge in [0.25, 0.3) is 5.91 Å². The van der Waals surface area contributed by atoms with Gasteiger partial charge in [0.1, 0.15) is 0 Å². The van der Waals surface area contributed by atoms with Gasteiger partial charge in [-0.1, -0.05) is 41.9 Å². The van der Waals surface area contributed by atoms with Crippen molar-refractivity contribution in [2.75, 3.05) is 19.6 Å². The number of halogens is 1. The summed E-state index contributed by atoms with van der Waals surface area (Å²) in [5.41, 5.74) is 4.24. The summed E-state index contributed by atoms with van der Waals surface area (Å²) in [4.78, 5) is 16.0. The third kappa shape index (κ3) is 3.66. The van der Waals surface area contributed by atoms with Crippen molar-refractivity contribution >= 4 is 17.5 Å². The predicted octanol–water partition coefficient (Wildman–Crippen LogP) is 4.50. The number of nitrogens with one attached hydrogen (secondary N) is 2. The monoisotopic (exact) mass is 423 g/mol. The average molecular weight is 424 g/mol. The average Bonchev–Trinajstić information content (AvgIpc) is 2.78. The molecule has 2 saturated heterocycles. The lowest BCUT2D eigenvalue weighted by Gasteiger charge is -2.49. The van der Waals surface area contributed by atoms with E-state index in [2.05, 4.69) is 27.7 Å². The number of amides is 1. The first-order chi connectivity index (χ1) is 14.6. The normalized spacial score (nSPS) is 26.8. The van der Waals surface area contributed by atoms with Gasteiger partial charge in [-0.2, -0.15) is 0 Å². The number of fused-ring (bicyclic) bond motifs is 4. The van der Waals surface area contributed by atoms with Crippen LogP contribution in [-0.4, -0.2) is 36.5 Å². The van der Waals surface area contributed by atoms with E-state index < -0.39 is 0 Å². The third-order valence-corrected chi connectivity index (χ3v) is 7.64. The molecule has 4 atom stereocenters. The Balaban J connectivity index is 1.45. The zero-order chi connectivity index (χ0) is 20.7. The third-order valence-electron chi connectivity index (χ3n) is 7.29. The largest absolute Gasteiger partial charge is 0.346 e. The van der Waals surface area contributed by atoms with Crippen LogP contribution in [0.1, 0.15) is 65.3 Å².